The van der Waals surface area contributed by atoms with Crippen LogP contribution in [0.15, 0.2) is 40.2 Å². The SMILES string of the molecule is NNC(Cc1ccc(Br)s1)C1CCOc2ccccc21. The number of fused-ring (bicyclic) bond motifs is 1. The molecule has 0 saturated heterocycles. The minimum absolute atomic E-state index is 0.227. The fourth-order valence-corrected chi connectivity index (χ4v) is 4.32. The molecule has 1 aliphatic rings. The predicted molar refractivity (Wildman–Crippen MR) is 86.1 cm³/mol. The van der Waals surface area contributed by atoms with Crippen LogP contribution in [0.5, 0.6) is 5.75 Å². The van der Waals surface area contributed by atoms with Gasteiger partial charge in [0.2, 0.25) is 0 Å². The van der Waals surface area contributed by atoms with Crippen LogP contribution in [-0.4, -0.2) is 12.6 Å². The standard InChI is InChI=1S/C15H17BrN2OS/c16-15-6-5-10(20-15)9-13(18-17)11-7-8-19-14-4-2-1-3-12(11)14/h1-6,11,13,18H,7-9,17H2. The molecule has 0 bridgehead atoms. The van der Waals surface area contributed by atoms with Gasteiger partial charge in [0.1, 0.15) is 5.75 Å². The molecule has 3 N–H and O–H groups in total. The Morgan fingerprint density at radius 2 is 2.20 bits per heavy atom. The van der Waals surface area contributed by atoms with Gasteiger partial charge in [-0.15, -0.1) is 11.3 Å². The third-order valence-corrected chi connectivity index (χ3v) is 5.40. The normalized spacial score (nSPS) is 19.2. The van der Waals surface area contributed by atoms with Crippen molar-refractivity contribution in [1.29, 1.82) is 0 Å². The average Bonchev–Trinajstić information content (AvgIpc) is 2.89. The first kappa shape index (κ1) is 14.1. The summed E-state index contributed by atoms with van der Waals surface area (Å²) in [5, 5.41) is 0. The molecule has 0 fully saturated rings. The average molecular weight is 353 g/mol. The number of hydrogen-bond donors (Lipinski definition) is 2. The van der Waals surface area contributed by atoms with Crippen LogP contribution >= 0.6 is 27.3 Å². The van der Waals surface area contributed by atoms with Gasteiger partial charge in [-0.25, -0.2) is 0 Å². The maximum absolute atomic E-state index is 5.82. The van der Waals surface area contributed by atoms with Crippen molar-refractivity contribution in [2.24, 2.45) is 5.84 Å². The van der Waals surface area contributed by atoms with Gasteiger partial charge in [0.15, 0.2) is 0 Å². The number of para-hydroxylation sites is 1. The summed E-state index contributed by atoms with van der Waals surface area (Å²) in [6, 6.07) is 12.7. The fourth-order valence-electron chi connectivity index (χ4n) is 2.78. The third-order valence-electron chi connectivity index (χ3n) is 3.75. The molecule has 3 nitrogen and oxygen atoms in total. The van der Waals surface area contributed by atoms with Gasteiger partial charge in [-0.3, -0.25) is 11.3 Å². The van der Waals surface area contributed by atoms with Gasteiger partial charge in [-0.05, 0) is 52.5 Å². The highest BCUT2D eigenvalue weighted by Crippen LogP contribution is 2.37. The van der Waals surface area contributed by atoms with Gasteiger partial charge >= 0.3 is 0 Å². The van der Waals surface area contributed by atoms with Crippen LogP contribution in [0.4, 0.5) is 0 Å². The van der Waals surface area contributed by atoms with E-state index in [0.29, 0.717) is 5.92 Å². The minimum Gasteiger partial charge on any atom is -0.493 e. The zero-order chi connectivity index (χ0) is 13.9. The summed E-state index contributed by atoms with van der Waals surface area (Å²) in [4.78, 5) is 1.34. The fraction of sp³-hybridized carbons (Fsp3) is 0.333. The summed E-state index contributed by atoms with van der Waals surface area (Å²) >= 11 is 5.28. The van der Waals surface area contributed by atoms with E-state index in [-0.39, 0.29) is 6.04 Å². The number of nitrogens with two attached hydrogens (primary N) is 1. The van der Waals surface area contributed by atoms with Crippen LogP contribution in [0, 0.1) is 0 Å². The van der Waals surface area contributed by atoms with Crippen LogP contribution in [0.3, 0.4) is 0 Å². The highest BCUT2D eigenvalue weighted by atomic mass is 79.9. The van der Waals surface area contributed by atoms with Crippen molar-refractivity contribution in [3.63, 3.8) is 0 Å². The molecule has 106 valence electrons. The summed E-state index contributed by atoms with van der Waals surface area (Å²) in [5.74, 6) is 7.21. The lowest BCUT2D eigenvalue weighted by Crippen LogP contribution is -2.42. The van der Waals surface area contributed by atoms with Gasteiger partial charge in [0, 0.05) is 16.8 Å². The second kappa shape index (κ2) is 6.26. The first-order valence-corrected chi connectivity index (χ1v) is 8.31. The Morgan fingerprint density at radius 3 is 2.95 bits per heavy atom. The van der Waals surface area contributed by atoms with Crippen molar-refractivity contribution in [3.8, 4) is 5.75 Å². The minimum atomic E-state index is 0.227. The first-order valence-electron chi connectivity index (χ1n) is 6.70. The van der Waals surface area contributed by atoms with Gasteiger partial charge < -0.3 is 4.74 Å². The molecular weight excluding hydrogens is 336 g/mol. The molecule has 3 rings (SSSR count). The van der Waals surface area contributed by atoms with Crippen molar-refractivity contribution in [2.45, 2.75) is 24.8 Å². The maximum Gasteiger partial charge on any atom is 0.122 e. The molecule has 0 amide bonds. The van der Waals surface area contributed by atoms with Gasteiger partial charge in [-0.2, -0.15) is 0 Å². The van der Waals surface area contributed by atoms with Crippen LogP contribution in [0.2, 0.25) is 0 Å². The molecule has 0 radical (unpaired) electrons. The monoisotopic (exact) mass is 352 g/mol. The Hall–Kier alpha value is -0.880. The molecule has 2 atom stereocenters. The molecular formula is C15H17BrN2OS. The zero-order valence-corrected chi connectivity index (χ0v) is 13.4. The molecule has 1 aromatic heterocycles. The van der Waals surface area contributed by atoms with Crippen molar-refractivity contribution < 1.29 is 4.74 Å². The van der Waals surface area contributed by atoms with E-state index in [0.717, 1.165) is 29.0 Å². The van der Waals surface area contributed by atoms with Crippen molar-refractivity contribution in [3.05, 3.63) is 50.6 Å². The molecule has 20 heavy (non-hydrogen) atoms. The van der Waals surface area contributed by atoms with E-state index < -0.39 is 0 Å². The molecule has 0 saturated carbocycles. The van der Waals surface area contributed by atoms with Crippen molar-refractivity contribution >= 4 is 27.3 Å². The lowest BCUT2D eigenvalue weighted by atomic mass is 9.85. The molecule has 2 aromatic rings. The molecule has 1 aromatic carbocycles. The van der Waals surface area contributed by atoms with E-state index in [1.165, 1.54) is 10.4 Å². The molecule has 0 spiro atoms. The number of rotatable bonds is 4. The summed E-state index contributed by atoms with van der Waals surface area (Å²) in [5.41, 5.74) is 4.27. The largest absolute Gasteiger partial charge is 0.493 e. The number of hydrogen-bond acceptors (Lipinski definition) is 4. The van der Waals surface area contributed by atoms with Crippen LogP contribution in [-0.2, 0) is 6.42 Å². The number of nitrogens with one attached hydrogen (secondary N) is 1. The van der Waals surface area contributed by atoms with E-state index in [9.17, 15) is 0 Å². The summed E-state index contributed by atoms with van der Waals surface area (Å²) in [6.45, 7) is 0.758. The Kier molecular flexibility index (Phi) is 4.41. The van der Waals surface area contributed by atoms with E-state index >= 15 is 0 Å². The Morgan fingerprint density at radius 1 is 1.35 bits per heavy atom. The number of ether oxygens (including phenoxy) is 1. The lowest BCUT2D eigenvalue weighted by Gasteiger charge is -2.31. The second-order valence-electron chi connectivity index (χ2n) is 4.96. The first-order chi connectivity index (χ1) is 9.78. The van der Waals surface area contributed by atoms with Crippen LogP contribution < -0.4 is 16.0 Å². The number of thiophene rings is 1. The maximum atomic E-state index is 5.82. The molecule has 2 unspecified atom stereocenters. The Balaban J connectivity index is 1.83. The summed E-state index contributed by atoms with van der Waals surface area (Å²) in [7, 11) is 0. The lowest BCUT2D eigenvalue weighted by molar-refractivity contribution is 0.245. The highest BCUT2D eigenvalue weighted by Gasteiger charge is 2.28. The zero-order valence-electron chi connectivity index (χ0n) is 11.0. The highest BCUT2D eigenvalue weighted by molar-refractivity contribution is 9.11. The third kappa shape index (κ3) is 2.91. The van der Waals surface area contributed by atoms with E-state index in [1.807, 2.05) is 12.1 Å². The number of hydrazine groups is 1. The quantitative estimate of drug-likeness (QED) is 0.654. The molecule has 5 heteroatoms. The molecule has 2 heterocycles. The van der Waals surface area contributed by atoms with E-state index in [4.69, 9.17) is 10.6 Å². The second-order valence-corrected chi connectivity index (χ2v) is 7.51. The van der Waals surface area contributed by atoms with Gasteiger partial charge in [0.25, 0.3) is 0 Å². The number of benzene rings is 1. The van der Waals surface area contributed by atoms with Crippen molar-refractivity contribution in [2.75, 3.05) is 6.61 Å². The number of halogens is 1. The van der Waals surface area contributed by atoms with E-state index in [1.54, 1.807) is 11.3 Å². The van der Waals surface area contributed by atoms with Crippen LogP contribution in [0.25, 0.3) is 0 Å². The van der Waals surface area contributed by atoms with Crippen LogP contribution in [0.1, 0.15) is 22.8 Å². The van der Waals surface area contributed by atoms with E-state index in [2.05, 4.69) is 45.6 Å². The Bertz CT molecular complexity index is 587. The van der Waals surface area contributed by atoms with Gasteiger partial charge in [-0.1, -0.05) is 18.2 Å². The predicted octanol–water partition coefficient (Wildman–Crippen LogP) is 3.45. The van der Waals surface area contributed by atoms with Gasteiger partial charge in [0.05, 0.1) is 10.4 Å². The Labute approximate surface area is 131 Å². The smallest absolute Gasteiger partial charge is 0.122 e. The molecule has 0 aliphatic carbocycles. The van der Waals surface area contributed by atoms with Crippen molar-refractivity contribution in [1.82, 2.24) is 5.43 Å². The summed E-state index contributed by atoms with van der Waals surface area (Å²) < 4.78 is 6.89. The topological polar surface area (TPSA) is 47.3 Å². The summed E-state index contributed by atoms with van der Waals surface area (Å²) in [6.07, 6.45) is 1.93. The molecule has 1 aliphatic heterocycles.